The van der Waals surface area contributed by atoms with Crippen molar-refractivity contribution in [2.45, 2.75) is 5.33 Å². The summed E-state index contributed by atoms with van der Waals surface area (Å²) in [7, 11) is 1.69. The Morgan fingerprint density at radius 3 is 2.93 bits per heavy atom. The summed E-state index contributed by atoms with van der Waals surface area (Å²) < 4.78 is 6.55. The number of benzene rings is 1. The van der Waals surface area contributed by atoms with E-state index < -0.39 is 0 Å². The van der Waals surface area contributed by atoms with Crippen LogP contribution in [0.15, 0.2) is 18.2 Å². The summed E-state index contributed by atoms with van der Waals surface area (Å²) >= 11 is 5.02. The van der Waals surface area contributed by atoms with Crippen LogP contribution in [-0.4, -0.2) is 7.11 Å². The van der Waals surface area contributed by atoms with Crippen LogP contribution in [0.2, 0.25) is 0 Å². The van der Waals surface area contributed by atoms with E-state index >= 15 is 0 Å². The van der Waals surface area contributed by atoms with Crippen LogP contribution in [0.4, 0.5) is 5.00 Å². The molecule has 0 amide bonds. The van der Waals surface area contributed by atoms with Crippen LogP contribution >= 0.6 is 27.3 Å². The smallest absolute Gasteiger partial charge is 0.131 e. The molecule has 2 nitrogen and oxygen atoms in total. The summed E-state index contributed by atoms with van der Waals surface area (Å²) in [5.74, 6) is 0.923. The van der Waals surface area contributed by atoms with Crippen molar-refractivity contribution in [2.24, 2.45) is 0 Å². The molecule has 0 bridgehead atoms. The Kier molecular flexibility index (Phi) is 2.65. The first-order chi connectivity index (χ1) is 6.76. The molecule has 4 heteroatoms. The fraction of sp³-hybridized carbons (Fsp3) is 0.200. The van der Waals surface area contributed by atoms with E-state index in [2.05, 4.69) is 28.1 Å². The van der Waals surface area contributed by atoms with E-state index in [0.29, 0.717) is 0 Å². The van der Waals surface area contributed by atoms with Crippen molar-refractivity contribution in [3.8, 4) is 5.75 Å². The summed E-state index contributed by atoms with van der Waals surface area (Å²) in [6.07, 6.45) is 0. The molecular weight excluding hydrogens is 262 g/mol. The summed E-state index contributed by atoms with van der Waals surface area (Å²) in [4.78, 5) is 0. The van der Waals surface area contributed by atoms with E-state index in [-0.39, 0.29) is 0 Å². The van der Waals surface area contributed by atoms with Crippen molar-refractivity contribution >= 4 is 42.4 Å². The molecule has 0 atom stereocenters. The van der Waals surface area contributed by atoms with Crippen molar-refractivity contribution in [3.05, 3.63) is 23.8 Å². The van der Waals surface area contributed by atoms with E-state index in [4.69, 9.17) is 10.5 Å². The number of anilines is 1. The number of alkyl halides is 1. The van der Waals surface area contributed by atoms with Crippen LogP contribution in [0.1, 0.15) is 5.56 Å². The van der Waals surface area contributed by atoms with Gasteiger partial charge in [0.05, 0.1) is 12.1 Å². The zero-order valence-electron chi connectivity index (χ0n) is 7.71. The Balaban J connectivity index is 2.75. The molecule has 0 aliphatic carbocycles. The summed E-state index contributed by atoms with van der Waals surface area (Å²) in [6, 6.07) is 6.10. The Bertz CT molecular complexity index is 466. The van der Waals surface area contributed by atoms with Gasteiger partial charge in [0.25, 0.3) is 0 Å². The number of methoxy groups -OCH3 is 1. The second-order valence-corrected chi connectivity index (χ2v) is 4.63. The maximum Gasteiger partial charge on any atom is 0.131 e. The lowest BCUT2D eigenvalue weighted by Gasteiger charge is -2.06. The van der Waals surface area contributed by atoms with E-state index in [1.165, 1.54) is 4.70 Å². The van der Waals surface area contributed by atoms with Gasteiger partial charge in [-0.2, -0.15) is 0 Å². The summed E-state index contributed by atoms with van der Waals surface area (Å²) in [5, 5.41) is 2.72. The van der Waals surface area contributed by atoms with Crippen LogP contribution in [-0.2, 0) is 5.33 Å². The van der Waals surface area contributed by atoms with Gasteiger partial charge in [-0.15, -0.1) is 11.3 Å². The SMILES string of the molecule is COc1c(CBr)ccc2sc(N)cc12. The van der Waals surface area contributed by atoms with Crippen molar-refractivity contribution in [3.63, 3.8) is 0 Å². The molecule has 2 rings (SSSR count). The fourth-order valence-electron chi connectivity index (χ4n) is 1.50. The fourth-order valence-corrected chi connectivity index (χ4v) is 2.77. The van der Waals surface area contributed by atoms with Crippen LogP contribution in [0.25, 0.3) is 10.1 Å². The molecule has 0 aliphatic rings. The number of nitrogen functional groups attached to an aromatic ring is 1. The van der Waals surface area contributed by atoms with Gasteiger partial charge in [-0.3, -0.25) is 0 Å². The molecule has 2 aromatic rings. The maximum atomic E-state index is 5.76. The van der Waals surface area contributed by atoms with E-state index in [0.717, 1.165) is 27.0 Å². The lowest BCUT2D eigenvalue weighted by atomic mass is 10.1. The zero-order valence-corrected chi connectivity index (χ0v) is 10.1. The number of fused-ring (bicyclic) bond motifs is 1. The van der Waals surface area contributed by atoms with E-state index in [1.807, 2.05) is 6.07 Å². The highest BCUT2D eigenvalue weighted by atomic mass is 79.9. The normalized spacial score (nSPS) is 10.7. The van der Waals surface area contributed by atoms with Crippen LogP contribution < -0.4 is 10.5 Å². The molecule has 2 N–H and O–H groups in total. The van der Waals surface area contributed by atoms with E-state index in [1.54, 1.807) is 18.4 Å². The van der Waals surface area contributed by atoms with Crippen LogP contribution in [0.5, 0.6) is 5.75 Å². The highest BCUT2D eigenvalue weighted by molar-refractivity contribution is 9.08. The van der Waals surface area contributed by atoms with Crippen molar-refractivity contribution in [1.29, 1.82) is 0 Å². The zero-order chi connectivity index (χ0) is 10.1. The molecule has 74 valence electrons. The largest absolute Gasteiger partial charge is 0.496 e. The standard InChI is InChI=1S/C10H10BrNOS/c1-13-10-6(5-11)2-3-8-7(10)4-9(12)14-8/h2-4H,5,12H2,1H3. The molecule has 1 heterocycles. The molecular formula is C10H10BrNOS. The second kappa shape index (κ2) is 3.79. The highest BCUT2D eigenvalue weighted by Crippen LogP contribution is 2.37. The van der Waals surface area contributed by atoms with Gasteiger partial charge in [0.1, 0.15) is 5.75 Å². The maximum absolute atomic E-state index is 5.76. The summed E-state index contributed by atoms with van der Waals surface area (Å²) in [6.45, 7) is 0. The third-order valence-electron chi connectivity index (χ3n) is 2.10. The first kappa shape index (κ1) is 9.80. The number of ether oxygens (including phenoxy) is 1. The Morgan fingerprint density at radius 2 is 2.29 bits per heavy atom. The van der Waals surface area contributed by atoms with Crippen molar-refractivity contribution in [1.82, 2.24) is 0 Å². The molecule has 0 aliphatic heterocycles. The first-order valence-corrected chi connectivity index (χ1v) is 6.11. The quantitative estimate of drug-likeness (QED) is 0.850. The molecule has 0 unspecified atom stereocenters. The second-order valence-electron chi connectivity index (χ2n) is 2.95. The average molecular weight is 272 g/mol. The number of hydrogen-bond acceptors (Lipinski definition) is 3. The van der Waals surface area contributed by atoms with Gasteiger partial charge in [0.2, 0.25) is 0 Å². The van der Waals surface area contributed by atoms with Crippen LogP contribution in [0, 0.1) is 0 Å². The number of thiophene rings is 1. The van der Waals surface area contributed by atoms with Gasteiger partial charge in [-0.05, 0) is 12.1 Å². The predicted molar refractivity (Wildman–Crippen MR) is 65.4 cm³/mol. The van der Waals surface area contributed by atoms with Crippen molar-refractivity contribution in [2.75, 3.05) is 12.8 Å². The number of rotatable bonds is 2. The molecule has 1 aromatic carbocycles. The minimum Gasteiger partial charge on any atom is -0.496 e. The molecule has 0 fully saturated rings. The number of nitrogens with two attached hydrogens (primary N) is 1. The molecule has 0 saturated carbocycles. The van der Waals surface area contributed by atoms with Crippen molar-refractivity contribution < 1.29 is 4.74 Å². The minimum atomic E-state index is 0.794. The van der Waals surface area contributed by atoms with Gasteiger partial charge in [-0.1, -0.05) is 22.0 Å². The van der Waals surface area contributed by atoms with Gasteiger partial charge in [0, 0.05) is 21.0 Å². The third kappa shape index (κ3) is 1.48. The van der Waals surface area contributed by atoms with Crippen LogP contribution in [0.3, 0.4) is 0 Å². The predicted octanol–water partition coefficient (Wildman–Crippen LogP) is 3.39. The highest BCUT2D eigenvalue weighted by Gasteiger charge is 2.09. The molecule has 14 heavy (non-hydrogen) atoms. The average Bonchev–Trinajstić information content (AvgIpc) is 2.56. The number of halogens is 1. The monoisotopic (exact) mass is 271 g/mol. The first-order valence-electron chi connectivity index (χ1n) is 4.17. The lowest BCUT2D eigenvalue weighted by molar-refractivity contribution is 0.416. The Hall–Kier alpha value is -0.740. The Morgan fingerprint density at radius 1 is 1.50 bits per heavy atom. The molecule has 0 radical (unpaired) electrons. The number of hydrogen-bond donors (Lipinski definition) is 1. The topological polar surface area (TPSA) is 35.2 Å². The van der Waals surface area contributed by atoms with Gasteiger partial charge in [-0.25, -0.2) is 0 Å². The molecule has 0 spiro atoms. The van der Waals surface area contributed by atoms with Gasteiger partial charge >= 0.3 is 0 Å². The molecule has 0 saturated heterocycles. The van der Waals surface area contributed by atoms with Gasteiger partial charge in [0.15, 0.2) is 0 Å². The van der Waals surface area contributed by atoms with Gasteiger partial charge < -0.3 is 10.5 Å². The minimum absolute atomic E-state index is 0.794. The third-order valence-corrected chi connectivity index (χ3v) is 3.63. The lowest BCUT2D eigenvalue weighted by Crippen LogP contribution is -1.89. The molecule has 1 aromatic heterocycles. The Labute approximate surface area is 94.8 Å². The summed E-state index contributed by atoms with van der Waals surface area (Å²) in [5.41, 5.74) is 6.91. The van der Waals surface area contributed by atoms with E-state index in [9.17, 15) is 0 Å².